The van der Waals surface area contributed by atoms with Gasteiger partial charge in [-0.25, -0.2) is 0 Å². The van der Waals surface area contributed by atoms with E-state index in [1.54, 1.807) is 0 Å². The van der Waals surface area contributed by atoms with Gasteiger partial charge in [0.05, 0.1) is 0 Å². The zero-order valence-electron chi connectivity index (χ0n) is 10.3. The highest BCUT2D eigenvalue weighted by atomic mass is 15.2. The van der Waals surface area contributed by atoms with E-state index >= 15 is 0 Å². The van der Waals surface area contributed by atoms with Crippen molar-refractivity contribution in [3.63, 3.8) is 0 Å². The number of nitrogens with two attached hydrogens (primary N) is 1. The standard InChI is InChI=1S/C14H20N2/c1-4-14(2,3)16-9-8-12-11(10-16)6-5-7-13(12)15/h5-9H,4,10,15H2,1-3H3. The second kappa shape index (κ2) is 3.85. The summed E-state index contributed by atoms with van der Waals surface area (Å²) in [6.45, 7) is 7.73. The number of fused-ring (bicyclic) bond motifs is 1. The summed E-state index contributed by atoms with van der Waals surface area (Å²) < 4.78 is 0. The third-order valence-electron chi connectivity index (χ3n) is 3.63. The van der Waals surface area contributed by atoms with Crippen LogP contribution in [-0.4, -0.2) is 10.4 Å². The lowest BCUT2D eigenvalue weighted by Gasteiger charge is -2.39. The van der Waals surface area contributed by atoms with Crippen LogP contribution < -0.4 is 5.73 Å². The summed E-state index contributed by atoms with van der Waals surface area (Å²) in [5.74, 6) is 0. The van der Waals surface area contributed by atoms with Crippen LogP contribution in [-0.2, 0) is 6.54 Å². The largest absolute Gasteiger partial charge is 0.398 e. The zero-order valence-corrected chi connectivity index (χ0v) is 10.3. The van der Waals surface area contributed by atoms with Crippen molar-refractivity contribution in [2.75, 3.05) is 5.73 Å². The van der Waals surface area contributed by atoms with Crippen molar-refractivity contribution >= 4 is 11.8 Å². The lowest BCUT2D eigenvalue weighted by atomic mass is 9.95. The average molecular weight is 216 g/mol. The van der Waals surface area contributed by atoms with E-state index in [1.165, 1.54) is 11.1 Å². The molecule has 2 nitrogen and oxygen atoms in total. The Balaban J connectivity index is 2.32. The first kappa shape index (κ1) is 11.1. The summed E-state index contributed by atoms with van der Waals surface area (Å²) in [6.07, 6.45) is 5.43. The van der Waals surface area contributed by atoms with Crippen molar-refractivity contribution in [3.8, 4) is 0 Å². The molecule has 86 valence electrons. The maximum Gasteiger partial charge on any atom is 0.0436 e. The number of hydrogen-bond donors (Lipinski definition) is 1. The molecule has 2 heteroatoms. The molecule has 0 unspecified atom stereocenters. The summed E-state index contributed by atoms with van der Waals surface area (Å²) >= 11 is 0. The van der Waals surface area contributed by atoms with Gasteiger partial charge in [-0.3, -0.25) is 0 Å². The van der Waals surface area contributed by atoms with Crippen molar-refractivity contribution < 1.29 is 0 Å². The second-order valence-corrected chi connectivity index (χ2v) is 5.03. The molecular weight excluding hydrogens is 196 g/mol. The molecule has 0 saturated heterocycles. The predicted molar refractivity (Wildman–Crippen MR) is 69.8 cm³/mol. The first-order valence-electron chi connectivity index (χ1n) is 5.87. The Bertz CT molecular complexity index is 419. The van der Waals surface area contributed by atoms with Crippen molar-refractivity contribution in [2.45, 2.75) is 39.3 Å². The van der Waals surface area contributed by atoms with E-state index in [2.05, 4.69) is 44.0 Å². The van der Waals surface area contributed by atoms with Crippen LogP contribution >= 0.6 is 0 Å². The Kier molecular flexibility index (Phi) is 2.66. The minimum absolute atomic E-state index is 0.207. The fourth-order valence-corrected chi connectivity index (χ4v) is 1.99. The molecule has 0 aliphatic carbocycles. The maximum absolute atomic E-state index is 5.96. The second-order valence-electron chi connectivity index (χ2n) is 5.03. The van der Waals surface area contributed by atoms with E-state index < -0.39 is 0 Å². The van der Waals surface area contributed by atoms with Gasteiger partial charge in [0.15, 0.2) is 0 Å². The van der Waals surface area contributed by atoms with Gasteiger partial charge < -0.3 is 10.6 Å². The zero-order chi connectivity index (χ0) is 11.8. The van der Waals surface area contributed by atoms with Crippen LogP contribution in [0.5, 0.6) is 0 Å². The highest BCUT2D eigenvalue weighted by molar-refractivity contribution is 5.68. The van der Waals surface area contributed by atoms with Gasteiger partial charge in [-0.05, 0) is 38.0 Å². The van der Waals surface area contributed by atoms with Gasteiger partial charge in [-0.1, -0.05) is 19.1 Å². The third kappa shape index (κ3) is 1.80. The monoisotopic (exact) mass is 216 g/mol. The molecule has 2 rings (SSSR count). The number of hydrogen-bond acceptors (Lipinski definition) is 2. The number of benzene rings is 1. The van der Waals surface area contributed by atoms with Crippen molar-refractivity contribution in [1.82, 2.24) is 4.90 Å². The SMILES string of the molecule is CCC(C)(C)N1C=Cc2c(N)cccc2C1. The molecule has 0 saturated carbocycles. The molecule has 0 fully saturated rings. The maximum atomic E-state index is 5.96. The van der Waals surface area contributed by atoms with Crippen molar-refractivity contribution in [2.24, 2.45) is 0 Å². The van der Waals surface area contributed by atoms with Gasteiger partial charge in [0, 0.05) is 29.5 Å². The van der Waals surface area contributed by atoms with E-state index in [-0.39, 0.29) is 5.54 Å². The summed E-state index contributed by atoms with van der Waals surface area (Å²) in [7, 11) is 0. The number of rotatable bonds is 2. The molecule has 1 aromatic carbocycles. The van der Waals surface area contributed by atoms with Gasteiger partial charge in [-0.2, -0.15) is 0 Å². The Hall–Kier alpha value is -1.44. The van der Waals surface area contributed by atoms with E-state index in [0.29, 0.717) is 0 Å². The van der Waals surface area contributed by atoms with Crippen LogP contribution in [0.4, 0.5) is 5.69 Å². The van der Waals surface area contributed by atoms with Crippen LogP contribution in [0, 0.1) is 0 Å². The summed E-state index contributed by atoms with van der Waals surface area (Å²) in [6, 6.07) is 6.15. The summed E-state index contributed by atoms with van der Waals surface area (Å²) in [5.41, 5.74) is 9.55. The minimum Gasteiger partial charge on any atom is -0.398 e. The van der Waals surface area contributed by atoms with Crippen LogP contribution in [0.2, 0.25) is 0 Å². The first-order chi connectivity index (χ1) is 7.54. The van der Waals surface area contributed by atoms with Crippen LogP contribution in [0.25, 0.3) is 6.08 Å². The van der Waals surface area contributed by atoms with E-state index in [9.17, 15) is 0 Å². The Labute approximate surface area is 97.8 Å². The lowest BCUT2D eigenvalue weighted by Crippen LogP contribution is -2.40. The molecule has 0 amide bonds. The average Bonchev–Trinajstić information content (AvgIpc) is 2.29. The van der Waals surface area contributed by atoms with Crippen molar-refractivity contribution in [3.05, 3.63) is 35.5 Å². The summed E-state index contributed by atoms with van der Waals surface area (Å²) in [4.78, 5) is 2.38. The topological polar surface area (TPSA) is 29.3 Å². The number of nitrogens with zero attached hydrogens (tertiary/aromatic N) is 1. The molecule has 1 heterocycles. The third-order valence-corrected chi connectivity index (χ3v) is 3.63. The molecule has 1 aliphatic heterocycles. The van der Waals surface area contributed by atoms with E-state index in [1.807, 2.05) is 12.1 Å². The highest BCUT2D eigenvalue weighted by Crippen LogP contribution is 2.30. The van der Waals surface area contributed by atoms with Gasteiger partial charge in [-0.15, -0.1) is 0 Å². The molecule has 0 spiro atoms. The molecule has 2 N–H and O–H groups in total. The molecule has 0 atom stereocenters. The molecule has 16 heavy (non-hydrogen) atoms. The Morgan fingerprint density at radius 3 is 2.81 bits per heavy atom. The fourth-order valence-electron chi connectivity index (χ4n) is 1.99. The van der Waals surface area contributed by atoms with E-state index in [0.717, 1.165) is 18.7 Å². The van der Waals surface area contributed by atoms with Gasteiger partial charge in [0.25, 0.3) is 0 Å². The Morgan fingerprint density at radius 1 is 1.38 bits per heavy atom. The highest BCUT2D eigenvalue weighted by Gasteiger charge is 2.24. The molecule has 1 aromatic rings. The first-order valence-corrected chi connectivity index (χ1v) is 5.87. The van der Waals surface area contributed by atoms with Gasteiger partial charge in [0.1, 0.15) is 0 Å². The fraction of sp³-hybridized carbons (Fsp3) is 0.429. The quantitative estimate of drug-likeness (QED) is 0.769. The summed E-state index contributed by atoms with van der Waals surface area (Å²) in [5, 5.41) is 0. The molecular formula is C14H20N2. The molecule has 1 aliphatic rings. The minimum atomic E-state index is 0.207. The van der Waals surface area contributed by atoms with Crippen LogP contribution in [0.15, 0.2) is 24.4 Å². The molecule has 0 radical (unpaired) electrons. The van der Waals surface area contributed by atoms with Crippen LogP contribution in [0.1, 0.15) is 38.3 Å². The van der Waals surface area contributed by atoms with Crippen LogP contribution in [0.3, 0.4) is 0 Å². The normalized spacial score (nSPS) is 15.1. The lowest BCUT2D eigenvalue weighted by molar-refractivity contribution is 0.170. The molecule has 0 aromatic heterocycles. The number of nitrogen functional groups attached to an aromatic ring is 1. The predicted octanol–water partition coefficient (Wildman–Crippen LogP) is 3.24. The Morgan fingerprint density at radius 2 is 2.12 bits per heavy atom. The number of anilines is 1. The van der Waals surface area contributed by atoms with E-state index in [4.69, 9.17) is 5.73 Å². The van der Waals surface area contributed by atoms with Gasteiger partial charge in [0.2, 0.25) is 0 Å². The van der Waals surface area contributed by atoms with Crippen molar-refractivity contribution in [1.29, 1.82) is 0 Å². The smallest absolute Gasteiger partial charge is 0.0436 e. The molecule has 0 bridgehead atoms. The van der Waals surface area contributed by atoms with Gasteiger partial charge >= 0.3 is 0 Å².